The van der Waals surface area contributed by atoms with Crippen molar-refractivity contribution in [2.45, 2.75) is 11.3 Å². The lowest BCUT2D eigenvalue weighted by molar-refractivity contribution is -0.147. The quantitative estimate of drug-likeness (QED) is 0.586. The topological polar surface area (TPSA) is 72.5 Å². The number of esters is 1. The third-order valence-corrected chi connectivity index (χ3v) is 4.89. The van der Waals surface area contributed by atoms with Crippen molar-refractivity contribution >= 4 is 52.5 Å². The molecule has 0 bridgehead atoms. The zero-order valence-corrected chi connectivity index (χ0v) is 14.9. The molecule has 1 N–H and O–H groups in total. The highest BCUT2D eigenvalue weighted by Crippen LogP contribution is 2.20. The molecule has 1 aromatic carbocycles. The minimum absolute atomic E-state index is 0.166. The second-order valence-corrected chi connectivity index (χ2v) is 7.12. The predicted octanol–water partition coefficient (Wildman–Crippen LogP) is 3.38. The number of ether oxygens (including phenoxy) is 1. The third-order valence-electron chi connectivity index (χ3n) is 2.75. The number of rotatable bonds is 7. The first-order chi connectivity index (χ1) is 11.5. The largest absolute Gasteiger partial charge is 0.456 e. The Kier molecular flexibility index (Phi) is 7.30. The van der Waals surface area contributed by atoms with Gasteiger partial charge >= 0.3 is 5.97 Å². The highest BCUT2D eigenvalue weighted by atomic mass is 35.5. The Morgan fingerprint density at radius 3 is 2.58 bits per heavy atom. The number of halogens is 1. The monoisotopic (exact) mass is 383 g/mol. The van der Waals surface area contributed by atoms with E-state index in [0.29, 0.717) is 15.7 Å². The van der Waals surface area contributed by atoms with Crippen LogP contribution in [0.4, 0.5) is 0 Å². The Morgan fingerprint density at radius 1 is 1.17 bits per heavy atom. The Hall–Kier alpha value is -1.83. The number of benzene rings is 1. The van der Waals surface area contributed by atoms with Gasteiger partial charge in [0.1, 0.15) is 0 Å². The number of imide groups is 1. The van der Waals surface area contributed by atoms with Crippen LogP contribution in [-0.2, 0) is 14.3 Å². The lowest BCUT2D eigenvalue weighted by atomic mass is 10.4. The molecule has 2 rings (SSSR count). The van der Waals surface area contributed by atoms with E-state index in [-0.39, 0.29) is 6.42 Å². The van der Waals surface area contributed by atoms with Gasteiger partial charge in [0.15, 0.2) is 6.61 Å². The number of carbonyl (C=O) groups is 3. The van der Waals surface area contributed by atoms with Crippen LogP contribution in [0.3, 0.4) is 0 Å². The predicted molar refractivity (Wildman–Crippen MR) is 94.5 cm³/mol. The Morgan fingerprint density at radius 2 is 1.92 bits per heavy atom. The molecule has 24 heavy (non-hydrogen) atoms. The summed E-state index contributed by atoms with van der Waals surface area (Å²) >= 11 is 8.50. The Labute approximate surface area is 152 Å². The second kappa shape index (κ2) is 9.46. The number of hydrogen-bond donors (Lipinski definition) is 1. The van der Waals surface area contributed by atoms with E-state index in [1.165, 1.54) is 23.1 Å². The van der Waals surface area contributed by atoms with E-state index in [2.05, 4.69) is 5.32 Å². The lowest BCUT2D eigenvalue weighted by Crippen LogP contribution is -2.33. The van der Waals surface area contributed by atoms with Crippen LogP contribution in [-0.4, -0.2) is 30.1 Å². The molecule has 0 aliphatic heterocycles. The normalized spacial score (nSPS) is 10.2. The average Bonchev–Trinajstić information content (AvgIpc) is 3.09. The molecule has 0 aliphatic rings. The van der Waals surface area contributed by atoms with Crippen LogP contribution in [0, 0.1) is 0 Å². The summed E-state index contributed by atoms with van der Waals surface area (Å²) in [6.07, 6.45) is 0.166. The average molecular weight is 384 g/mol. The maximum Gasteiger partial charge on any atom is 0.307 e. The van der Waals surface area contributed by atoms with Crippen LogP contribution in [0.25, 0.3) is 0 Å². The molecule has 0 saturated heterocycles. The molecule has 5 nitrogen and oxygen atoms in total. The number of nitrogens with one attached hydrogen (secondary N) is 1. The molecule has 0 fully saturated rings. The van der Waals surface area contributed by atoms with Gasteiger partial charge in [-0.3, -0.25) is 19.7 Å². The van der Waals surface area contributed by atoms with E-state index in [1.54, 1.807) is 29.6 Å². The van der Waals surface area contributed by atoms with E-state index in [0.717, 1.165) is 4.90 Å². The van der Waals surface area contributed by atoms with Gasteiger partial charge < -0.3 is 4.74 Å². The first-order valence-corrected chi connectivity index (χ1v) is 9.20. The summed E-state index contributed by atoms with van der Waals surface area (Å²) in [4.78, 5) is 36.2. The Balaban J connectivity index is 1.63. The van der Waals surface area contributed by atoms with Gasteiger partial charge in [0.05, 0.1) is 11.3 Å². The van der Waals surface area contributed by atoms with Gasteiger partial charge in [-0.2, -0.15) is 0 Å². The molecule has 0 aliphatic carbocycles. The maximum atomic E-state index is 11.6. The molecule has 2 amide bonds. The smallest absolute Gasteiger partial charge is 0.307 e. The molecule has 0 saturated carbocycles. The van der Waals surface area contributed by atoms with Gasteiger partial charge in [0.25, 0.3) is 11.8 Å². The van der Waals surface area contributed by atoms with E-state index < -0.39 is 24.4 Å². The summed E-state index contributed by atoms with van der Waals surface area (Å²) in [5.74, 6) is -1.11. The number of amides is 2. The summed E-state index contributed by atoms with van der Waals surface area (Å²) < 4.78 is 4.84. The van der Waals surface area contributed by atoms with Gasteiger partial charge in [-0.25, -0.2) is 0 Å². The standard InChI is InChI=1S/C16H14ClNO4S2/c17-11-3-5-12(6-4-11)23-9-7-15(20)22-10-14(19)18-16(21)13-2-1-8-24-13/h1-6,8H,7,9-10H2,(H,18,19,21). The number of thiophene rings is 1. The zero-order valence-electron chi connectivity index (χ0n) is 12.5. The summed E-state index contributed by atoms with van der Waals surface area (Å²) in [7, 11) is 0. The zero-order chi connectivity index (χ0) is 17.4. The van der Waals surface area contributed by atoms with Crippen LogP contribution < -0.4 is 5.32 Å². The van der Waals surface area contributed by atoms with E-state index in [4.69, 9.17) is 16.3 Å². The van der Waals surface area contributed by atoms with E-state index >= 15 is 0 Å². The molecule has 0 spiro atoms. The van der Waals surface area contributed by atoms with Crippen LogP contribution in [0.15, 0.2) is 46.7 Å². The van der Waals surface area contributed by atoms with Crippen molar-refractivity contribution in [3.05, 3.63) is 51.7 Å². The summed E-state index contributed by atoms with van der Waals surface area (Å²) in [5.41, 5.74) is 0. The first kappa shape index (κ1) is 18.5. The Bertz CT molecular complexity index is 701. The van der Waals surface area contributed by atoms with Crippen molar-refractivity contribution in [2.75, 3.05) is 12.4 Å². The molecular weight excluding hydrogens is 370 g/mol. The van der Waals surface area contributed by atoms with Crippen LogP contribution in [0.5, 0.6) is 0 Å². The molecule has 126 valence electrons. The molecule has 8 heteroatoms. The number of hydrogen-bond acceptors (Lipinski definition) is 6. The SMILES string of the molecule is O=C(COC(=O)CCSc1ccc(Cl)cc1)NC(=O)c1cccs1. The van der Waals surface area contributed by atoms with E-state index in [9.17, 15) is 14.4 Å². The van der Waals surface area contributed by atoms with E-state index in [1.807, 2.05) is 12.1 Å². The van der Waals surface area contributed by atoms with Crippen molar-refractivity contribution in [1.82, 2.24) is 5.32 Å². The van der Waals surface area contributed by atoms with Gasteiger partial charge in [-0.1, -0.05) is 17.7 Å². The molecule has 0 radical (unpaired) electrons. The fourth-order valence-electron chi connectivity index (χ4n) is 1.63. The van der Waals surface area contributed by atoms with Crippen LogP contribution >= 0.6 is 34.7 Å². The fraction of sp³-hybridized carbons (Fsp3) is 0.188. The maximum absolute atomic E-state index is 11.6. The molecule has 1 heterocycles. The highest BCUT2D eigenvalue weighted by Gasteiger charge is 2.13. The van der Waals surface area contributed by atoms with Crippen molar-refractivity contribution in [2.24, 2.45) is 0 Å². The second-order valence-electron chi connectivity index (χ2n) is 4.57. The van der Waals surface area contributed by atoms with Crippen molar-refractivity contribution in [3.63, 3.8) is 0 Å². The van der Waals surface area contributed by atoms with Crippen molar-refractivity contribution in [1.29, 1.82) is 0 Å². The lowest BCUT2D eigenvalue weighted by Gasteiger charge is -2.05. The number of carbonyl (C=O) groups excluding carboxylic acids is 3. The van der Waals surface area contributed by atoms with Crippen LogP contribution in [0.2, 0.25) is 5.02 Å². The summed E-state index contributed by atoms with van der Waals surface area (Å²) in [6.45, 7) is -0.471. The van der Waals surface area contributed by atoms with Gasteiger partial charge in [0.2, 0.25) is 0 Å². The highest BCUT2D eigenvalue weighted by molar-refractivity contribution is 7.99. The number of thioether (sulfide) groups is 1. The van der Waals surface area contributed by atoms with Gasteiger partial charge in [-0.15, -0.1) is 23.1 Å². The minimum Gasteiger partial charge on any atom is -0.456 e. The molecular formula is C16H14ClNO4S2. The fourth-order valence-corrected chi connectivity index (χ4v) is 3.21. The van der Waals surface area contributed by atoms with Gasteiger partial charge in [0, 0.05) is 15.7 Å². The summed E-state index contributed by atoms with van der Waals surface area (Å²) in [5, 5.41) is 4.55. The molecule has 0 atom stereocenters. The van der Waals surface area contributed by atoms with Crippen molar-refractivity contribution < 1.29 is 19.1 Å². The third kappa shape index (κ3) is 6.35. The molecule has 0 unspecified atom stereocenters. The van der Waals surface area contributed by atoms with Gasteiger partial charge in [-0.05, 0) is 35.7 Å². The minimum atomic E-state index is -0.646. The molecule has 1 aromatic heterocycles. The van der Waals surface area contributed by atoms with Crippen molar-refractivity contribution in [3.8, 4) is 0 Å². The first-order valence-electron chi connectivity index (χ1n) is 6.96. The molecule has 2 aromatic rings. The van der Waals surface area contributed by atoms with Crippen LogP contribution in [0.1, 0.15) is 16.1 Å². The summed E-state index contributed by atoms with van der Waals surface area (Å²) in [6, 6.07) is 10.6.